The first-order chi connectivity index (χ1) is 7.66. The molecule has 0 aliphatic rings. The number of carbonyl (C=O) groups excluding carboxylic acids is 1. The van der Waals surface area contributed by atoms with Gasteiger partial charge < -0.3 is 9.15 Å². The molecule has 0 aromatic carbocycles. The molecule has 2 aromatic rings. The zero-order chi connectivity index (χ0) is 11.5. The highest BCUT2D eigenvalue weighted by molar-refractivity contribution is 7.13. The largest absolute Gasteiger partial charge is 0.462 e. The van der Waals surface area contributed by atoms with E-state index in [1.54, 1.807) is 37.6 Å². The van der Waals surface area contributed by atoms with Gasteiger partial charge in [-0.3, -0.25) is 0 Å². The van der Waals surface area contributed by atoms with Crippen LogP contribution in [0.1, 0.15) is 24.3 Å². The van der Waals surface area contributed by atoms with Crippen LogP contribution in [-0.2, 0) is 4.74 Å². The van der Waals surface area contributed by atoms with Crippen LogP contribution >= 0.6 is 11.3 Å². The number of thiazole rings is 1. The average Bonchev–Trinajstić information content (AvgIpc) is 2.87. The molecular formula is C11H11NO3S. The number of carbonyl (C=O) groups is 1. The van der Waals surface area contributed by atoms with E-state index in [1.165, 1.54) is 11.3 Å². The third-order valence-corrected chi connectivity index (χ3v) is 2.64. The van der Waals surface area contributed by atoms with E-state index < -0.39 is 5.97 Å². The average molecular weight is 237 g/mol. The summed E-state index contributed by atoms with van der Waals surface area (Å²) in [5, 5.41) is 2.35. The van der Waals surface area contributed by atoms with Gasteiger partial charge in [0.1, 0.15) is 0 Å². The van der Waals surface area contributed by atoms with Gasteiger partial charge in [0.05, 0.1) is 12.4 Å². The summed E-state index contributed by atoms with van der Waals surface area (Å²) >= 11 is 1.36. The van der Waals surface area contributed by atoms with Crippen LogP contribution in [0.25, 0.3) is 10.8 Å². The van der Waals surface area contributed by atoms with Crippen LogP contribution in [-0.4, -0.2) is 17.1 Å². The normalized spacial score (nSPS) is 10.7. The maximum Gasteiger partial charge on any atom is 0.358 e. The lowest BCUT2D eigenvalue weighted by molar-refractivity contribution is 0.0372. The smallest absolute Gasteiger partial charge is 0.358 e. The molecule has 0 radical (unpaired) electrons. The maximum absolute atomic E-state index is 11.5. The SMILES string of the molecule is CC(C)OC(=O)c1csc(-c2ccco2)n1. The summed E-state index contributed by atoms with van der Waals surface area (Å²) < 4.78 is 10.2. The molecule has 0 aliphatic carbocycles. The van der Waals surface area contributed by atoms with Gasteiger partial charge in [0.2, 0.25) is 0 Å². The molecule has 16 heavy (non-hydrogen) atoms. The Hall–Kier alpha value is -1.62. The van der Waals surface area contributed by atoms with Crippen molar-refractivity contribution in [3.05, 3.63) is 29.5 Å². The quantitative estimate of drug-likeness (QED) is 0.770. The lowest BCUT2D eigenvalue weighted by atomic mass is 10.4. The van der Waals surface area contributed by atoms with E-state index in [1.807, 2.05) is 0 Å². The van der Waals surface area contributed by atoms with E-state index in [0.717, 1.165) is 0 Å². The van der Waals surface area contributed by atoms with Gasteiger partial charge in [0, 0.05) is 5.38 Å². The van der Waals surface area contributed by atoms with E-state index in [4.69, 9.17) is 9.15 Å². The van der Waals surface area contributed by atoms with Crippen molar-refractivity contribution in [2.45, 2.75) is 20.0 Å². The van der Waals surface area contributed by atoms with Crippen molar-refractivity contribution >= 4 is 17.3 Å². The van der Waals surface area contributed by atoms with Gasteiger partial charge in [-0.05, 0) is 26.0 Å². The summed E-state index contributed by atoms with van der Waals surface area (Å²) in [5.74, 6) is 0.262. The Balaban J connectivity index is 2.17. The number of hydrogen-bond acceptors (Lipinski definition) is 5. The van der Waals surface area contributed by atoms with Crippen molar-refractivity contribution in [2.24, 2.45) is 0 Å². The van der Waals surface area contributed by atoms with Gasteiger partial charge in [-0.25, -0.2) is 9.78 Å². The van der Waals surface area contributed by atoms with Crippen LogP contribution < -0.4 is 0 Å². The fourth-order valence-corrected chi connectivity index (χ4v) is 1.91. The van der Waals surface area contributed by atoms with E-state index >= 15 is 0 Å². The molecule has 2 aromatic heterocycles. The van der Waals surface area contributed by atoms with Crippen LogP contribution in [0.15, 0.2) is 28.2 Å². The molecule has 0 saturated heterocycles. The fraction of sp³-hybridized carbons (Fsp3) is 0.273. The molecular weight excluding hydrogens is 226 g/mol. The highest BCUT2D eigenvalue weighted by Gasteiger charge is 2.15. The minimum Gasteiger partial charge on any atom is -0.462 e. The molecule has 0 saturated carbocycles. The molecule has 84 valence electrons. The van der Waals surface area contributed by atoms with Gasteiger partial charge in [-0.15, -0.1) is 11.3 Å². The predicted octanol–water partition coefficient (Wildman–Crippen LogP) is 2.97. The lowest BCUT2D eigenvalue weighted by Gasteiger charge is -2.04. The monoisotopic (exact) mass is 237 g/mol. The van der Waals surface area contributed by atoms with Crippen LogP contribution in [0.5, 0.6) is 0 Å². The van der Waals surface area contributed by atoms with Crippen molar-refractivity contribution < 1.29 is 13.9 Å². The van der Waals surface area contributed by atoms with Crippen LogP contribution in [0.3, 0.4) is 0 Å². The van der Waals surface area contributed by atoms with Gasteiger partial charge in [-0.2, -0.15) is 0 Å². The molecule has 2 heterocycles. The molecule has 0 aliphatic heterocycles. The molecule has 5 heteroatoms. The standard InChI is InChI=1S/C11H11NO3S/c1-7(2)15-11(13)8-6-16-10(12-8)9-4-3-5-14-9/h3-7H,1-2H3. The first-order valence-electron chi connectivity index (χ1n) is 4.87. The topological polar surface area (TPSA) is 52.3 Å². The molecule has 4 nitrogen and oxygen atoms in total. The second-order valence-electron chi connectivity index (χ2n) is 3.47. The van der Waals surface area contributed by atoms with Crippen LogP contribution in [0, 0.1) is 0 Å². The van der Waals surface area contributed by atoms with Gasteiger partial charge in [-0.1, -0.05) is 0 Å². The number of esters is 1. The van der Waals surface area contributed by atoms with Crippen molar-refractivity contribution in [1.29, 1.82) is 0 Å². The van der Waals surface area contributed by atoms with Gasteiger partial charge in [0.25, 0.3) is 0 Å². The van der Waals surface area contributed by atoms with Crippen molar-refractivity contribution in [1.82, 2.24) is 4.98 Å². The number of ether oxygens (including phenoxy) is 1. The molecule has 0 amide bonds. The Bertz CT molecular complexity index is 473. The highest BCUT2D eigenvalue weighted by atomic mass is 32.1. The summed E-state index contributed by atoms with van der Waals surface area (Å²) in [4.78, 5) is 15.7. The fourth-order valence-electron chi connectivity index (χ4n) is 1.16. The minimum absolute atomic E-state index is 0.138. The van der Waals surface area contributed by atoms with Crippen molar-refractivity contribution in [3.8, 4) is 10.8 Å². The summed E-state index contributed by atoms with van der Waals surface area (Å²) in [6.45, 7) is 3.61. The summed E-state index contributed by atoms with van der Waals surface area (Å²) in [5.41, 5.74) is 0.324. The summed E-state index contributed by atoms with van der Waals surface area (Å²) in [7, 11) is 0. The third-order valence-electron chi connectivity index (χ3n) is 1.79. The zero-order valence-electron chi connectivity index (χ0n) is 8.97. The second-order valence-corrected chi connectivity index (χ2v) is 4.33. The second kappa shape index (κ2) is 4.49. The number of aromatic nitrogens is 1. The lowest BCUT2D eigenvalue weighted by Crippen LogP contribution is -2.11. The van der Waals surface area contributed by atoms with Crippen molar-refractivity contribution in [3.63, 3.8) is 0 Å². The van der Waals surface area contributed by atoms with Gasteiger partial charge in [0.15, 0.2) is 16.5 Å². The van der Waals surface area contributed by atoms with Crippen LogP contribution in [0.2, 0.25) is 0 Å². The molecule has 0 fully saturated rings. The molecule has 2 rings (SSSR count). The minimum atomic E-state index is -0.399. The number of furan rings is 1. The number of rotatable bonds is 3. The predicted molar refractivity (Wildman–Crippen MR) is 60.4 cm³/mol. The Morgan fingerprint density at radius 1 is 1.56 bits per heavy atom. The first-order valence-corrected chi connectivity index (χ1v) is 5.75. The maximum atomic E-state index is 11.5. The molecule has 0 N–H and O–H groups in total. The summed E-state index contributed by atoms with van der Waals surface area (Å²) in [6.07, 6.45) is 1.43. The highest BCUT2D eigenvalue weighted by Crippen LogP contribution is 2.24. The van der Waals surface area contributed by atoms with E-state index in [2.05, 4.69) is 4.98 Å². The number of nitrogens with zero attached hydrogens (tertiary/aromatic N) is 1. The van der Waals surface area contributed by atoms with Gasteiger partial charge >= 0.3 is 5.97 Å². The van der Waals surface area contributed by atoms with Crippen LogP contribution in [0.4, 0.5) is 0 Å². The van der Waals surface area contributed by atoms with E-state index in [0.29, 0.717) is 16.5 Å². The number of hydrogen-bond donors (Lipinski definition) is 0. The van der Waals surface area contributed by atoms with E-state index in [9.17, 15) is 4.79 Å². The molecule has 0 bridgehead atoms. The Kier molecular flexibility index (Phi) is 3.05. The Morgan fingerprint density at radius 3 is 3.00 bits per heavy atom. The molecule has 0 unspecified atom stereocenters. The summed E-state index contributed by atoms with van der Waals surface area (Å²) in [6, 6.07) is 3.58. The zero-order valence-corrected chi connectivity index (χ0v) is 9.78. The first kappa shape index (κ1) is 10.9. The van der Waals surface area contributed by atoms with E-state index in [-0.39, 0.29) is 6.10 Å². The van der Waals surface area contributed by atoms with Crippen molar-refractivity contribution in [2.75, 3.05) is 0 Å². The Labute approximate surface area is 96.9 Å². The Morgan fingerprint density at radius 2 is 2.38 bits per heavy atom. The molecule has 0 spiro atoms. The third kappa shape index (κ3) is 2.30. The molecule has 0 atom stereocenters.